The van der Waals surface area contributed by atoms with Gasteiger partial charge in [-0.2, -0.15) is 13.2 Å². The topological polar surface area (TPSA) is 66.8 Å². The molecule has 122 valence electrons. The first-order valence-electron chi connectivity index (χ1n) is 6.61. The van der Waals surface area contributed by atoms with Crippen molar-refractivity contribution in [3.63, 3.8) is 0 Å². The molecule has 0 saturated carbocycles. The number of alkyl halides is 3. The van der Waals surface area contributed by atoms with Gasteiger partial charge in [-0.15, -0.1) is 0 Å². The van der Waals surface area contributed by atoms with E-state index in [2.05, 4.69) is 0 Å². The lowest BCUT2D eigenvalue weighted by Crippen LogP contribution is -2.34. The quantitative estimate of drug-likeness (QED) is 0.803. The molecule has 0 amide bonds. The Morgan fingerprint density at radius 1 is 1.24 bits per heavy atom. The second-order valence-corrected chi connectivity index (χ2v) is 6.30. The van der Waals surface area contributed by atoms with Gasteiger partial charge in [-0.1, -0.05) is 0 Å². The third kappa shape index (κ3) is 6.33. The maximum absolute atomic E-state index is 12.5. The van der Waals surface area contributed by atoms with E-state index in [-0.39, 0.29) is 19.6 Å². The Morgan fingerprint density at radius 2 is 1.81 bits per heavy atom. The first kappa shape index (κ1) is 17.7. The summed E-state index contributed by atoms with van der Waals surface area (Å²) in [5, 5.41) is 9.01. The summed E-state index contributed by atoms with van der Waals surface area (Å²) in [6, 6.07) is 0. The van der Waals surface area contributed by atoms with Crippen LogP contribution in [0.4, 0.5) is 13.2 Å². The van der Waals surface area contributed by atoms with Crippen LogP contribution in [0.25, 0.3) is 0 Å². The molecule has 2 atom stereocenters. The van der Waals surface area contributed by atoms with Gasteiger partial charge in [0.2, 0.25) is 0 Å². The van der Waals surface area contributed by atoms with Crippen molar-refractivity contribution in [3.05, 3.63) is 0 Å². The summed E-state index contributed by atoms with van der Waals surface area (Å²) in [5.41, 5.74) is -0.686. The molecular formula is C13H20F3NO4. The molecule has 0 bridgehead atoms. The van der Waals surface area contributed by atoms with Gasteiger partial charge < -0.3 is 9.84 Å². The number of hydrogen-bond acceptors (Lipinski definition) is 4. The molecule has 8 heteroatoms. The van der Waals surface area contributed by atoms with Crippen LogP contribution >= 0.6 is 0 Å². The molecule has 0 spiro atoms. The highest BCUT2D eigenvalue weighted by molar-refractivity contribution is 5.73. The minimum absolute atomic E-state index is 0.0737. The summed E-state index contributed by atoms with van der Waals surface area (Å²) in [6.45, 7) is 4.70. The van der Waals surface area contributed by atoms with Gasteiger partial charge in [0.15, 0.2) is 0 Å². The molecule has 1 rings (SSSR count). The summed E-state index contributed by atoms with van der Waals surface area (Å²) in [6.07, 6.45) is -5.57. The van der Waals surface area contributed by atoms with Crippen LogP contribution in [-0.4, -0.2) is 53.4 Å². The number of esters is 1. The Bertz CT molecular complexity index is 403. The van der Waals surface area contributed by atoms with Gasteiger partial charge in [0.05, 0.1) is 12.5 Å². The maximum Gasteiger partial charge on any atom is 0.389 e. The lowest BCUT2D eigenvalue weighted by Gasteiger charge is -2.22. The van der Waals surface area contributed by atoms with Crippen LogP contribution in [0.5, 0.6) is 0 Å². The Morgan fingerprint density at radius 3 is 2.24 bits per heavy atom. The van der Waals surface area contributed by atoms with Crippen molar-refractivity contribution in [2.45, 2.75) is 39.0 Å². The molecule has 0 unspecified atom stereocenters. The van der Waals surface area contributed by atoms with E-state index in [1.54, 1.807) is 20.8 Å². The van der Waals surface area contributed by atoms with Crippen molar-refractivity contribution in [3.8, 4) is 0 Å². The molecule has 1 heterocycles. The highest BCUT2D eigenvalue weighted by Gasteiger charge is 2.44. The molecule has 0 aromatic heterocycles. The molecule has 0 aromatic rings. The van der Waals surface area contributed by atoms with Gasteiger partial charge in [0.1, 0.15) is 5.60 Å². The standard InChI is InChI=1S/C13H20F3NO4/c1-12(2,3)21-10(18)7-17-5-8(4-13(14,15)16)9(6-17)11(19)20/h8-9H,4-7H2,1-3H3,(H,19,20)/t8-,9-/m1/s1. The van der Waals surface area contributed by atoms with Crippen molar-refractivity contribution in [1.82, 2.24) is 4.90 Å². The van der Waals surface area contributed by atoms with Gasteiger partial charge in [-0.05, 0) is 26.7 Å². The predicted molar refractivity (Wildman–Crippen MR) is 67.6 cm³/mol. The van der Waals surface area contributed by atoms with Crippen molar-refractivity contribution in [2.24, 2.45) is 11.8 Å². The summed E-state index contributed by atoms with van der Waals surface area (Å²) >= 11 is 0. The first-order valence-corrected chi connectivity index (χ1v) is 6.61. The van der Waals surface area contributed by atoms with E-state index in [4.69, 9.17) is 9.84 Å². The smallest absolute Gasteiger partial charge is 0.389 e. The fourth-order valence-corrected chi connectivity index (χ4v) is 2.43. The second kappa shape index (κ2) is 6.21. The zero-order valence-electron chi connectivity index (χ0n) is 12.2. The third-order valence-electron chi connectivity index (χ3n) is 3.10. The van der Waals surface area contributed by atoms with Gasteiger partial charge in [-0.3, -0.25) is 14.5 Å². The minimum Gasteiger partial charge on any atom is -0.481 e. The zero-order valence-corrected chi connectivity index (χ0v) is 12.2. The third-order valence-corrected chi connectivity index (χ3v) is 3.10. The first-order chi connectivity index (χ1) is 9.37. The summed E-state index contributed by atoms with van der Waals surface area (Å²) < 4.78 is 42.4. The van der Waals surface area contributed by atoms with Crippen molar-refractivity contribution < 1.29 is 32.6 Å². The minimum atomic E-state index is -4.42. The molecule has 1 aliphatic heterocycles. The fraction of sp³-hybridized carbons (Fsp3) is 0.846. The molecule has 0 aromatic carbocycles. The molecule has 5 nitrogen and oxygen atoms in total. The Labute approximate surface area is 121 Å². The SMILES string of the molecule is CC(C)(C)OC(=O)CN1C[C@@H](CC(F)(F)F)[C@H](C(=O)O)C1. The fourth-order valence-electron chi connectivity index (χ4n) is 2.43. The number of ether oxygens (including phenoxy) is 1. The number of nitrogens with zero attached hydrogens (tertiary/aromatic N) is 1. The number of carbonyl (C=O) groups is 2. The Balaban J connectivity index is 2.63. The molecule has 1 fully saturated rings. The van der Waals surface area contributed by atoms with E-state index in [0.717, 1.165) is 0 Å². The van der Waals surface area contributed by atoms with Gasteiger partial charge in [0, 0.05) is 19.5 Å². The van der Waals surface area contributed by atoms with E-state index in [1.807, 2.05) is 0 Å². The average Bonchev–Trinajstić information content (AvgIpc) is 2.54. The van der Waals surface area contributed by atoms with Crippen LogP contribution in [0.15, 0.2) is 0 Å². The normalized spacial score (nSPS) is 24.1. The monoisotopic (exact) mass is 311 g/mol. The van der Waals surface area contributed by atoms with E-state index in [9.17, 15) is 22.8 Å². The van der Waals surface area contributed by atoms with Crippen LogP contribution in [0.1, 0.15) is 27.2 Å². The molecule has 0 radical (unpaired) electrons. The number of halogens is 3. The lowest BCUT2D eigenvalue weighted by atomic mass is 9.93. The summed E-state index contributed by atoms with van der Waals surface area (Å²) in [4.78, 5) is 24.1. The molecule has 0 aliphatic carbocycles. The number of hydrogen-bond donors (Lipinski definition) is 1. The molecule has 21 heavy (non-hydrogen) atoms. The zero-order chi connectivity index (χ0) is 16.4. The maximum atomic E-state index is 12.5. The Kier molecular flexibility index (Phi) is 5.25. The van der Waals surface area contributed by atoms with E-state index < -0.39 is 42.0 Å². The molecule has 1 saturated heterocycles. The largest absolute Gasteiger partial charge is 0.481 e. The number of likely N-dealkylation sites (tertiary alicyclic amines) is 1. The van der Waals surface area contributed by atoms with Gasteiger partial charge in [-0.25, -0.2) is 0 Å². The molecule has 1 aliphatic rings. The highest BCUT2D eigenvalue weighted by atomic mass is 19.4. The van der Waals surface area contributed by atoms with Crippen LogP contribution in [0.2, 0.25) is 0 Å². The van der Waals surface area contributed by atoms with Crippen LogP contribution in [-0.2, 0) is 14.3 Å². The second-order valence-electron chi connectivity index (χ2n) is 6.30. The van der Waals surface area contributed by atoms with Crippen molar-refractivity contribution in [2.75, 3.05) is 19.6 Å². The number of carbonyl (C=O) groups excluding carboxylic acids is 1. The number of carboxylic acids is 1. The van der Waals surface area contributed by atoms with Crippen LogP contribution < -0.4 is 0 Å². The number of carboxylic acid groups (broad SMARTS) is 1. The number of aliphatic carboxylic acids is 1. The van der Waals surface area contributed by atoms with Crippen LogP contribution in [0.3, 0.4) is 0 Å². The van der Waals surface area contributed by atoms with Crippen molar-refractivity contribution in [1.29, 1.82) is 0 Å². The lowest BCUT2D eigenvalue weighted by molar-refractivity contribution is -0.156. The van der Waals surface area contributed by atoms with Gasteiger partial charge in [0.25, 0.3) is 0 Å². The van der Waals surface area contributed by atoms with E-state index in [0.29, 0.717) is 0 Å². The number of rotatable bonds is 4. The van der Waals surface area contributed by atoms with Gasteiger partial charge >= 0.3 is 18.1 Å². The summed E-state index contributed by atoms with van der Waals surface area (Å²) in [7, 11) is 0. The molecule has 1 N–H and O–H groups in total. The predicted octanol–water partition coefficient (Wildman–Crippen LogP) is 1.91. The highest BCUT2D eigenvalue weighted by Crippen LogP contribution is 2.34. The Hall–Kier alpha value is -1.31. The average molecular weight is 311 g/mol. The van der Waals surface area contributed by atoms with Crippen molar-refractivity contribution >= 4 is 11.9 Å². The van der Waals surface area contributed by atoms with E-state index in [1.165, 1.54) is 4.90 Å². The van der Waals surface area contributed by atoms with E-state index >= 15 is 0 Å². The summed E-state index contributed by atoms with van der Waals surface area (Å²) in [5.74, 6) is -3.99. The van der Waals surface area contributed by atoms with Crippen LogP contribution in [0, 0.1) is 11.8 Å². The molecular weight excluding hydrogens is 291 g/mol.